The van der Waals surface area contributed by atoms with E-state index in [0.29, 0.717) is 12.0 Å². The SMILES string of the molecule is CC(=O)Cc1ccc(F)cc1.CCOC(=O)C(=O)CC(=O)Cc1ccc(F)cc1.CCOC(=O)C(=O)OCC.C[O-].[K+]. The summed E-state index contributed by atoms with van der Waals surface area (Å²) in [6.07, 6.45) is -0.109. The molecule has 2 rings (SSSR count). The summed E-state index contributed by atoms with van der Waals surface area (Å²) >= 11 is 0. The van der Waals surface area contributed by atoms with Crippen LogP contribution in [0, 0.1) is 11.6 Å². The van der Waals surface area contributed by atoms with Gasteiger partial charge in [-0.3, -0.25) is 14.4 Å². The number of benzene rings is 2. The zero-order valence-electron chi connectivity index (χ0n) is 24.7. The number of hydrogen-bond donors (Lipinski definition) is 0. The minimum Gasteiger partial charge on any atom is -0.857 e. The summed E-state index contributed by atoms with van der Waals surface area (Å²) in [7, 11) is 0.750. The van der Waals surface area contributed by atoms with Crippen LogP contribution in [0.2, 0.25) is 0 Å². The van der Waals surface area contributed by atoms with E-state index < -0.39 is 41.7 Å². The van der Waals surface area contributed by atoms with Crippen molar-refractivity contribution in [2.75, 3.05) is 26.9 Å². The van der Waals surface area contributed by atoms with E-state index in [-0.39, 0.29) is 89.2 Å². The third-order valence-electron chi connectivity index (χ3n) is 4.26. The van der Waals surface area contributed by atoms with Crippen LogP contribution >= 0.6 is 0 Å². The van der Waals surface area contributed by atoms with Gasteiger partial charge in [0.05, 0.1) is 26.2 Å². The Kier molecular flexibility index (Phi) is 28.3. The van der Waals surface area contributed by atoms with E-state index in [1.807, 2.05) is 0 Å². The fourth-order valence-corrected chi connectivity index (χ4v) is 2.63. The van der Waals surface area contributed by atoms with Gasteiger partial charge in [-0.05, 0) is 63.1 Å². The van der Waals surface area contributed by atoms with Gasteiger partial charge in [0, 0.05) is 12.8 Å². The zero-order chi connectivity index (χ0) is 31.8. The molecule has 0 bridgehead atoms. The van der Waals surface area contributed by atoms with Gasteiger partial charge in [-0.1, -0.05) is 24.3 Å². The summed E-state index contributed by atoms with van der Waals surface area (Å²) in [4.78, 5) is 65.2. The van der Waals surface area contributed by atoms with Gasteiger partial charge in [0.25, 0.3) is 0 Å². The number of Topliss-reactive ketones (excluding diaryl/α,β-unsaturated/α-hetero) is 3. The van der Waals surface area contributed by atoms with E-state index in [9.17, 15) is 37.5 Å². The summed E-state index contributed by atoms with van der Waals surface area (Å²) in [6, 6.07) is 11.3. The first kappa shape index (κ1) is 43.8. The van der Waals surface area contributed by atoms with Gasteiger partial charge in [-0.2, -0.15) is 7.11 Å². The molecule has 0 fully saturated rings. The van der Waals surface area contributed by atoms with Crippen molar-refractivity contribution >= 4 is 35.3 Å². The van der Waals surface area contributed by atoms with E-state index >= 15 is 0 Å². The van der Waals surface area contributed by atoms with Gasteiger partial charge < -0.3 is 19.3 Å². The average molecular weight is 621 g/mol. The minimum atomic E-state index is -0.995. The molecule has 226 valence electrons. The van der Waals surface area contributed by atoms with Crippen molar-refractivity contribution in [2.24, 2.45) is 0 Å². The summed E-state index contributed by atoms with van der Waals surface area (Å²) in [6.45, 7) is 6.81. The van der Waals surface area contributed by atoms with Crippen LogP contribution in [-0.2, 0) is 55.8 Å². The molecule has 0 saturated heterocycles. The summed E-state index contributed by atoms with van der Waals surface area (Å²) < 4.78 is 38.1. The molecular formula is C29H35F2KO10. The predicted octanol–water partition coefficient (Wildman–Crippen LogP) is -0.490. The van der Waals surface area contributed by atoms with Crippen LogP contribution in [0.5, 0.6) is 0 Å². The standard InChI is InChI=1S/C13H13FO4.C9H9FO.C6H10O4.CH3O.K/c1-2-18-13(17)12(16)8-11(15)7-9-3-5-10(14)6-4-9;1-7(11)6-8-2-4-9(10)5-3-8;1-3-9-5(7)6(8)10-4-2;1-2;/h3-6H,2,7-8H2,1H3;2-5H,6H2,1H3;3-4H2,1-2H3;1H3;/q;;;-1;+1. The molecule has 0 atom stereocenters. The zero-order valence-corrected chi connectivity index (χ0v) is 27.8. The van der Waals surface area contributed by atoms with Crippen LogP contribution in [0.25, 0.3) is 0 Å². The second-order valence-electron chi connectivity index (χ2n) is 7.61. The molecule has 0 unspecified atom stereocenters. The number of esters is 3. The topological polar surface area (TPSA) is 153 Å². The Morgan fingerprint density at radius 2 is 0.952 bits per heavy atom. The number of carbonyl (C=O) groups excluding carboxylic acids is 6. The smallest absolute Gasteiger partial charge is 0.857 e. The molecule has 0 saturated carbocycles. The molecule has 0 amide bonds. The van der Waals surface area contributed by atoms with Gasteiger partial charge in [0.15, 0.2) is 0 Å². The van der Waals surface area contributed by atoms with Crippen LogP contribution in [-0.4, -0.2) is 62.2 Å². The molecule has 0 aliphatic heterocycles. The van der Waals surface area contributed by atoms with Crippen molar-refractivity contribution in [3.63, 3.8) is 0 Å². The van der Waals surface area contributed by atoms with Gasteiger partial charge >= 0.3 is 69.3 Å². The monoisotopic (exact) mass is 620 g/mol. The number of halogens is 2. The quantitative estimate of drug-likeness (QED) is 0.112. The molecule has 0 heterocycles. The van der Waals surface area contributed by atoms with Gasteiger partial charge in [-0.15, -0.1) is 0 Å². The van der Waals surface area contributed by atoms with E-state index in [1.54, 1.807) is 32.9 Å². The molecule has 0 radical (unpaired) electrons. The first-order valence-corrected chi connectivity index (χ1v) is 12.4. The van der Waals surface area contributed by atoms with Gasteiger partial charge in [-0.25, -0.2) is 23.2 Å². The Bertz CT molecular complexity index is 1090. The van der Waals surface area contributed by atoms with Crippen molar-refractivity contribution in [3.8, 4) is 0 Å². The average Bonchev–Trinajstić information content (AvgIpc) is 2.93. The van der Waals surface area contributed by atoms with Crippen LogP contribution in [0.15, 0.2) is 48.5 Å². The molecule has 0 spiro atoms. The number of hydrogen-bond acceptors (Lipinski definition) is 10. The van der Waals surface area contributed by atoms with Crippen molar-refractivity contribution < 1.29 is 108 Å². The van der Waals surface area contributed by atoms with E-state index in [4.69, 9.17) is 5.11 Å². The molecule has 0 aliphatic rings. The molecular weight excluding hydrogens is 585 g/mol. The van der Waals surface area contributed by atoms with Crippen molar-refractivity contribution in [1.82, 2.24) is 0 Å². The van der Waals surface area contributed by atoms with Crippen LogP contribution in [0.4, 0.5) is 8.78 Å². The minimum absolute atomic E-state index is 0. The number of ketones is 3. The largest absolute Gasteiger partial charge is 1.00 e. The van der Waals surface area contributed by atoms with Crippen LogP contribution in [0.3, 0.4) is 0 Å². The van der Waals surface area contributed by atoms with E-state index in [1.165, 1.54) is 43.3 Å². The van der Waals surface area contributed by atoms with Crippen molar-refractivity contribution in [2.45, 2.75) is 47.0 Å². The molecule has 2 aromatic carbocycles. The predicted molar refractivity (Wildman–Crippen MR) is 141 cm³/mol. The summed E-state index contributed by atoms with van der Waals surface area (Å²) in [5, 5.41) is 8.25. The van der Waals surface area contributed by atoms with Crippen molar-refractivity contribution in [1.29, 1.82) is 0 Å². The van der Waals surface area contributed by atoms with Gasteiger partial charge in [0.2, 0.25) is 5.78 Å². The molecule has 0 aliphatic carbocycles. The Labute approximate surface area is 286 Å². The maximum Gasteiger partial charge on any atom is 1.00 e. The first-order chi connectivity index (χ1) is 19.4. The van der Waals surface area contributed by atoms with Crippen molar-refractivity contribution in [3.05, 3.63) is 71.3 Å². The van der Waals surface area contributed by atoms with Crippen LogP contribution in [0.1, 0.15) is 45.2 Å². The maximum atomic E-state index is 12.6. The van der Waals surface area contributed by atoms with Gasteiger partial charge in [0.1, 0.15) is 23.2 Å². The van der Waals surface area contributed by atoms with Crippen LogP contribution < -0.4 is 56.5 Å². The summed E-state index contributed by atoms with van der Waals surface area (Å²) in [5.74, 6) is -4.68. The second kappa shape index (κ2) is 27.2. The molecule has 13 heteroatoms. The number of ether oxygens (including phenoxy) is 3. The van der Waals surface area contributed by atoms with E-state index in [0.717, 1.165) is 12.7 Å². The normalized spacial score (nSPS) is 8.95. The maximum absolute atomic E-state index is 12.6. The molecule has 42 heavy (non-hydrogen) atoms. The Balaban J connectivity index is -0.000000550. The molecule has 2 aromatic rings. The number of rotatable bonds is 10. The Morgan fingerprint density at radius 3 is 1.29 bits per heavy atom. The number of carbonyl (C=O) groups is 6. The third-order valence-corrected chi connectivity index (χ3v) is 4.26. The second-order valence-corrected chi connectivity index (χ2v) is 7.61. The third kappa shape index (κ3) is 22.9. The van der Waals surface area contributed by atoms with E-state index in [2.05, 4.69) is 14.2 Å². The summed E-state index contributed by atoms with van der Waals surface area (Å²) in [5.41, 5.74) is 1.46. The Hall–Kier alpha value is -2.68. The Morgan fingerprint density at radius 1 is 0.619 bits per heavy atom. The first-order valence-electron chi connectivity index (χ1n) is 12.4. The fraction of sp³-hybridized carbons (Fsp3) is 0.379. The molecule has 10 nitrogen and oxygen atoms in total. The molecule has 0 N–H and O–H groups in total. The fourth-order valence-electron chi connectivity index (χ4n) is 2.63. The molecule has 0 aromatic heterocycles.